The van der Waals surface area contributed by atoms with Gasteiger partial charge in [0.15, 0.2) is 0 Å². The molecule has 0 spiro atoms. The summed E-state index contributed by atoms with van der Waals surface area (Å²) < 4.78 is 0. The third kappa shape index (κ3) is 7.34. The van der Waals surface area contributed by atoms with Crippen molar-refractivity contribution in [3.05, 3.63) is 0 Å². The molecule has 4 heteroatoms. The van der Waals surface area contributed by atoms with E-state index in [1.165, 1.54) is 0 Å². The molecule has 0 rings (SSSR count). The molecule has 0 bridgehead atoms. The zero-order valence-corrected chi connectivity index (χ0v) is 12.2. The van der Waals surface area contributed by atoms with E-state index in [1.54, 1.807) is 0 Å². The Balaban J connectivity index is 4.19. The van der Waals surface area contributed by atoms with Crippen molar-refractivity contribution >= 4 is 5.91 Å². The van der Waals surface area contributed by atoms with Crippen LogP contribution in [0.25, 0.3) is 0 Å². The van der Waals surface area contributed by atoms with Crippen LogP contribution >= 0.6 is 0 Å². The zero-order chi connectivity index (χ0) is 13.4. The number of hydrogen-bond donors (Lipinski definition) is 2. The number of hydrogen-bond acceptors (Lipinski definition) is 3. The van der Waals surface area contributed by atoms with Gasteiger partial charge >= 0.3 is 0 Å². The van der Waals surface area contributed by atoms with Crippen LogP contribution < -0.4 is 10.6 Å². The molecule has 0 aromatic carbocycles. The fraction of sp³-hybridized carbons (Fsp3) is 0.923. The number of nitrogens with one attached hydrogen (secondary N) is 2. The van der Waals surface area contributed by atoms with Gasteiger partial charge in [-0.1, -0.05) is 20.8 Å². The van der Waals surface area contributed by atoms with Gasteiger partial charge < -0.3 is 15.5 Å². The van der Waals surface area contributed by atoms with Crippen LogP contribution in [0.15, 0.2) is 0 Å². The molecule has 2 atom stereocenters. The van der Waals surface area contributed by atoms with E-state index in [0.717, 1.165) is 19.5 Å². The summed E-state index contributed by atoms with van der Waals surface area (Å²) in [5.74, 6) is 0.607. The molecule has 4 nitrogen and oxygen atoms in total. The number of nitrogens with zero attached hydrogens (tertiary/aromatic N) is 1. The highest BCUT2D eigenvalue weighted by Crippen LogP contribution is 2.04. The zero-order valence-electron chi connectivity index (χ0n) is 12.2. The maximum atomic E-state index is 11.8. The molecule has 17 heavy (non-hydrogen) atoms. The first kappa shape index (κ1) is 16.4. The van der Waals surface area contributed by atoms with Crippen LogP contribution in [0.2, 0.25) is 0 Å². The highest BCUT2D eigenvalue weighted by atomic mass is 16.2. The largest absolute Gasteiger partial charge is 0.355 e. The van der Waals surface area contributed by atoms with E-state index in [1.807, 2.05) is 6.92 Å². The first-order valence-electron chi connectivity index (χ1n) is 6.57. The number of likely N-dealkylation sites (N-methyl/N-ethyl adjacent to an activating group) is 1. The van der Waals surface area contributed by atoms with Gasteiger partial charge in [0, 0.05) is 19.1 Å². The van der Waals surface area contributed by atoms with Crippen LogP contribution in [-0.2, 0) is 4.79 Å². The minimum atomic E-state index is -0.131. The second kappa shape index (κ2) is 8.48. The molecule has 0 aliphatic rings. The summed E-state index contributed by atoms with van der Waals surface area (Å²) in [5, 5.41) is 6.32. The van der Waals surface area contributed by atoms with Crippen molar-refractivity contribution < 1.29 is 4.79 Å². The molecule has 2 unspecified atom stereocenters. The SMILES string of the molecule is CCCNC(=O)C(C)NC(CN(C)C)C(C)C. The highest BCUT2D eigenvalue weighted by molar-refractivity contribution is 5.81. The van der Waals surface area contributed by atoms with Crippen LogP contribution in [-0.4, -0.2) is 50.1 Å². The van der Waals surface area contributed by atoms with Gasteiger partial charge in [0.25, 0.3) is 0 Å². The summed E-state index contributed by atoms with van der Waals surface area (Å²) in [6.45, 7) is 10.0. The lowest BCUT2D eigenvalue weighted by molar-refractivity contribution is -0.123. The van der Waals surface area contributed by atoms with Crippen LogP contribution in [0.1, 0.15) is 34.1 Å². The number of carbonyl (C=O) groups is 1. The summed E-state index contributed by atoms with van der Waals surface area (Å²) >= 11 is 0. The Labute approximate surface area is 106 Å². The normalized spacial score (nSPS) is 15.1. The monoisotopic (exact) mass is 243 g/mol. The van der Waals surface area contributed by atoms with Crippen molar-refractivity contribution in [1.82, 2.24) is 15.5 Å². The Morgan fingerprint density at radius 3 is 2.24 bits per heavy atom. The summed E-state index contributed by atoms with van der Waals surface area (Å²) in [7, 11) is 4.11. The van der Waals surface area contributed by atoms with Gasteiger partial charge in [-0.05, 0) is 33.4 Å². The van der Waals surface area contributed by atoms with Crippen LogP contribution in [0.5, 0.6) is 0 Å². The molecule has 0 aromatic rings. The van der Waals surface area contributed by atoms with Gasteiger partial charge in [-0.25, -0.2) is 0 Å². The Morgan fingerprint density at radius 2 is 1.82 bits per heavy atom. The Morgan fingerprint density at radius 1 is 1.24 bits per heavy atom. The van der Waals surface area contributed by atoms with E-state index in [-0.39, 0.29) is 11.9 Å². The average Bonchev–Trinajstić information content (AvgIpc) is 2.23. The highest BCUT2D eigenvalue weighted by Gasteiger charge is 2.20. The second-order valence-electron chi connectivity index (χ2n) is 5.29. The number of amides is 1. The predicted molar refractivity (Wildman–Crippen MR) is 73.1 cm³/mol. The molecule has 0 aliphatic heterocycles. The van der Waals surface area contributed by atoms with Crippen molar-refractivity contribution in [2.24, 2.45) is 5.92 Å². The van der Waals surface area contributed by atoms with E-state index in [4.69, 9.17) is 0 Å². The molecule has 102 valence electrons. The van der Waals surface area contributed by atoms with Crippen molar-refractivity contribution in [1.29, 1.82) is 0 Å². The lowest BCUT2D eigenvalue weighted by Crippen LogP contribution is -2.51. The summed E-state index contributed by atoms with van der Waals surface area (Å²) in [6, 6.07) is 0.210. The van der Waals surface area contributed by atoms with Gasteiger partial charge in [-0.2, -0.15) is 0 Å². The predicted octanol–water partition coefficient (Wildman–Crippen LogP) is 1.08. The molecule has 0 aliphatic carbocycles. The van der Waals surface area contributed by atoms with Gasteiger partial charge in [0.2, 0.25) is 5.91 Å². The first-order valence-corrected chi connectivity index (χ1v) is 6.57. The number of carbonyl (C=O) groups excluding carboxylic acids is 1. The van der Waals surface area contributed by atoms with E-state index in [9.17, 15) is 4.79 Å². The van der Waals surface area contributed by atoms with E-state index in [0.29, 0.717) is 12.0 Å². The summed E-state index contributed by atoms with van der Waals surface area (Å²) in [5.41, 5.74) is 0. The Kier molecular flexibility index (Phi) is 8.17. The van der Waals surface area contributed by atoms with E-state index < -0.39 is 0 Å². The molecule has 0 saturated carbocycles. The quantitative estimate of drug-likeness (QED) is 0.670. The Bertz CT molecular complexity index is 217. The molecule has 1 amide bonds. The topological polar surface area (TPSA) is 44.4 Å². The molecule has 0 saturated heterocycles. The Hall–Kier alpha value is -0.610. The minimum Gasteiger partial charge on any atom is -0.355 e. The van der Waals surface area contributed by atoms with Crippen LogP contribution in [0, 0.1) is 5.92 Å². The first-order chi connectivity index (χ1) is 7.88. The molecule has 0 fully saturated rings. The van der Waals surface area contributed by atoms with Crippen LogP contribution in [0.3, 0.4) is 0 Å². The van der Waals surface area contributed by atoms with Gasteiger partial charge in [-0.15, -0.1) is 0 Å². The fourth-order valence-corrected chi connectivity index (χ4v) is 1.65. The molecule has 0 radical (unpaired) electrons. The van der Waals surface area contributed by atoms with Gasteiger partial charge in [-0.3, -0.25) is 4.79 Å². The lowest BCUT2D eigenvalue weighted by Gasteiger charge is -2.28. The smallest absolute Gasteiger partial charge is 0.236 e. The van der Waals surface area contributed by atoms with Gasteiger partial charge in [0.1, 0.15) is 0 Å². The standard InChI is InChI=1S/C13H29N3O/c1-7-8-14-13(17)11(4)15-12(10(2)3)9-16(5)6/h10-12,15H,7-9H2,1-6H3,(H,14,17). The van der Waals surface area contributed by atoms with Crippen molar-refractivity contribution in [3.8, 4) is 0 Å². The molecular formula is C13H29N3O. The summed E-state index contributed by atoms with van der Waals surface area (Å²) in [6.07, 6.45) is 0.976. The van der Waals surface area contributed by atoms with Crippen molar-refractivity contribution in [2.75, 3.05) is 27.2 Å². The lowest BCUT2D eigenvalue weighted by atomic mass is 10.0. The van der Waals surface area contributed by atoms with Crippen molar-refractivity contribution in [3.63, 3.8) is 0 Å². The molecule has 0 heterocycles. The van der Waals surface area contributed by atoms with Gasteiger partial charge in [0.05, 0.1) is 6.04 Å². The molecule has 2 N–H and O–H groups in total. The number of rotatable bonds is 8. The third-order valence-corrected chi connectivity index (χ3v) is 2.77. The summed E-state index contributed by atoms with van der Waals surface area (Å²) in [4.78, 5) is 13.9. The molecule has 0 aromatic heterocycles. The van der Waals surface area contributed by atoms with E-state index >= 15 is 0 Å². The van der Waals surface area contributed by atoms with E-state index in [2.05, 4.69) is 50.4 Å². The van der Waals surface area contributed by atoms with Crippen LogP contribution in [0.4, 0.5) is 0 Å². The van der Waals surface area contributed by atoms with Crippen molar-refractivity contribution in [2.45, 2.75) is 46.2 Å². The fourth-order valence-electron chi connectivity index (χ4n) is 1.65. The maximum Gasteiger partial charge on any atom is 0.236 e. The second-order valence-corrected chi connectivity index (χ2v) is 5.29. The molecular weight excluding hydrogens is 214 g/mol. The average molecular weight is 243 g/mol. The third-order valence-electron chi connectivity index (χ3n) is 2.77. The minimum absolute atomic E-state index is 0.0938. The maximum absolute atomic E-state index is 11.8.